The normalized spacial score (nSPS) is 16.0. The van der Waals surface area contributed by atoms with Crippen molar-refractivity contribution in [1.29, 1.82) is 0 Å². The molecule has 0 fully saturated rings. The largest absolute Gasteiger partial charge is 0.314 e. The molecule has 0 saturated carbocycles. The smallest absolute Gasteiger partial charge is 0.264 e. The molecule has 7 aromatic carbocycles. The number of para-hydroxylation sites is 2. The summed E-state index contributed by atoms with van der Waals surface area (Å²) in [6.07, 6.45) is 14.9. The van der Waals surface area contributed by atoms with Crippen LogP contribution in [-0.4, -0.2) is 6.71 Å². The van der Waals surface area contributed by atoms with Gasteiger partial charge in [-0.2, -0.15) is 0 Å². The fourth-order valence-electron chi connectivity index (χ4n) is 10.6. The molecule has 314 valence electrons. The van der Waals surface area contributed by atoms with Crippen molar-refractivity contribution in [2.24, 2.45) is 0 Å². The van der Waals surface area contributed by atoms with Crippen molar-refractivity contribution in [2.45, 2.75) is 71.1 Å². The number of allylic oxidation sites excluding steroid dienone is 4. The highest BCUT2D eigenvalue weighted by molar-refractivity contribution is 7.33. The van der Waals surface area contributed by atoms with Crippen molar-refractivity contribution in [3.05, 3.63) is 210 Å². The molecule has 2 aliphatic heterocycles. The second kappa shape index (κ2) is 16.9. The highest BCUT2D eigenvalue weighted by atomic mass is 32.1. The van der Waals surface area contributed by atoms with Crippen LogP contribution in [0.15, 0.2) is 194 Å². The third-order valence-corrected chi connectivity index (χ3v) is 15.1. The van der Waals surface area contributed by atoms with E-state index < -0.39 is 0 Å². The first kappa shape index (κ1) is 40.2. The Labute approximate surface area is 383 Å². The minimum absolute atomic E-state index is 0.0442. The maximum Gasteiger partial charge on any atom is 0.264 e. The molecule has 0 amide bonds. The van der Waals surface area contributed by atoms with E-state index >= 15 is 0 Å². The molecule has 1 atom stereocenters. The van der Waals surface area contributed by atoms with Crippen LogP contribution in [0.4, 0.5) is 45.5 Å². The van der Waals surface area contributed by atoms with Gasteiger partial charge in [0.15, 0.2) is 0 Å². The van der Waals surface area contributed by atoms with Gasteiger partial charge in [0.2, 0.25) is 0 Å². The molecular weight excluding hydrogens is 794 g/mol. The van der Waals surface area contributed by atoms with Crippen LogP contribution in [0.5, 0.6) is 0 Å². The Hall–Kier alpha value is -6.56. The van der Waals surface area contributed by atoms with E-state index in [0.29, 0.717) is 0 Å². The lowest BCUT2D eigenvalue weighted by Crippen LogP contribution is -2.61. The number of hydrogen-bond acceptors (Lipinski definition) is 4. The van der Waals surface area contributed by atoms with Crippen molar-refractivity contribution < 1.29 is 0 Å². The van der Waals surface area contributed by atoms with Gasteiger partial charge in [0.25, 0.3) is 6.71 Å². The van der Waals surface area contributed by atoms with Gasteiger partial charge < -0.3 is 14.7 Å². The van der Waals surface area contributed by atoms with Gasteiger partial charge in [-0.15, -0.1) is 11.3 Å². The fourth-order valence-corrected chi connectivity index (χ4v) is 12.0. The summed E-state index contributed by atoms with van der Waals surface area (Å²) >= 11 is 2.00. The molecule has 0 N–H and O–H groups in total. The highest BCUT2D eigenvalue weighted by Gasteiger charge is 2.47. The Morgan fingerprint density at radius 2 is 1.25 bits per heavy atom. The van der Waals surface area contributed by atoms with Crippen LogP contribution in [0, 0.1) is 0 Å². The average molecular weight is 848 g/mol. The summed E-state index contributed by atoms with van der Waals surface area (Å²) in [6, 6.07) is 64.0. The molecule has 0 bridgehead atoms. The van der Waals surface area contributed by atoms with Crippen molar-refractivity contribution in [1.82, 2.24) is 0 Å². The van der Waals surface area contributed by atoms with Gasteiger partial charge >= 0.3 is 0 Å². The molecule has 1 aliphatic carbocycles. The van der Waals surface area contributed by atoms with Gasteiger partial charge in [0.1, 0.15) is 0 Å². The van der Waals surface area contributed by atoms with E-state index in [9.17, 15) is 0 Å². The van der Waals surface area contributed by atoms with E-state index in [-0.39, 0.29) is 12.1 Å². The zero-order valence-electron chi connectivity index (χ0n) is 37.2. The molecule has 3 nitrogen and oxygen atoms in total. The minimum Gasteiger partial charge on any atom is -0.314 e. The lowest BCUT2D eigenvalue weighted by molar-refractivity contribution is 0.549. The molecule has 0 saturated heterocycles. The molecule has 0 spiro atoms. The van der Waals surface area contributed by atoms with E-state index in [2.05, 4.69) is 224 Å². The van der Waals surface area contributed by atoms with Gasteiger partial charge in [-0.25, -0.2) is 0 Å². The number of fused-ring (bicyclic) bond motifs is 6. The quantitative estimate of drug-likeness (QED) is 0.113. The van der Waals surface area contributed by atoms with Crippen molar-refractivity contribution in [2.75, 3.05) is 14.7 Å². The van der Waals surface area contributed by atoms with Crippen molar-refractivity contribution in [3.63, 3.8) is 0 Å². The lowest BCUT2D eigenvalue weighted by Gasteiger charge is -2.47. The van der Waals surface area contributed by atoms with Crippen LogP contribution < -0.4 is 30.4 Å². The Morgan fingerprint density at radius 3 is 1.94 bits per heavy atom. The number of aryl methyl sites for hydroxylation is 2. The SMILES string of the molecule is CCCCc1ccc(N2c3cccc4c3B(c3ccc(N(c5ccccc5)c5ccccc5)cc3N4C3=CC=CCC3(C)c3ccccc3)c3sc4cc(CCCC)ccc4c32)cc1. The standard InChI is InChI=1S/C59H54BN3S/c1-4-6-20-42-31-34-47(35-32-42)62-51-28-19-29-52-56(51)60(58-57(62)49-37-33-43(21-7-5-2)40-54(49)64-58)50-38-36-48(61(45-24-13-9-14-25-45)46-26-15-10-16-27-46)41-53(50)63(52)55-30-17-18-39-59(55,3)44-22-11-8-12-23-44/h8-19,22-38,40-41H,4-7,20-21,39H2,1-3H3. The number of nitrogens with zero attached hydrogens (tertiary/aromatic N) is 3. The fraction of sp³-hybridized carbons (Fsp3) is 0.186. The third kappa shape index (κ3) is 6.80. The molecule has 8 aromatic rings. The van der Waals surface area contributed by atoms with Crippen LogP contribution in [0.2, 0.25) is 0 Å². The summed E-state index contributed by atoms with van der Waals surface area (Å²) in [6.45, 7) is 7.05. The molecule has 64 heavy (non-hydrogen) atoms. The van der Waals surface area contributed by atoms with Crippen LogP contribution in [0.3, 0.4) is 0 Å². The number of thiophene rings is 1. The molecule has 1 aromatic heterocycles. The molecule has 11 rings (SSSR count). The summed E-state index contributed by atoms with van der Waals surface area (Å²) in [5, 5.41) is 1.34. The second-order valence-electron chi connectivity index (χ2n) is 18.0. The Kier molecular flexibility index (Phi) is 10.6. The van der Waals surface area contributed by atoms with Crippen LogP contribution in [0.25, 0.3) is 10.1 Å². The Balaban J connectivity index is 1.19. The first-order valence-electron chi connectivity index (χ1n) is 23.4. The predicted octanol–water partition coefficient (Wildman–Crippen LogP) is 14.6. The first-order chi connectivity index (χ1) is 31.6. The van der Waals surface area contributed by atoms with Gasteiger partial charge in [-0.05, 0) is 139 Å². The van der Waals surface area contributed by atoms with E-state index in [1.807, 2.05) is 11.3 Å². The van der Waals surface area contributed by atoms with E-state index in [1.165, 1.54) is 102 Å². The molecule has 5 heteroatoms. The molecular formula is C59H54BN3S. The number of benzene rings is 7. The average Bonchev–Trinajstić information content (AvgIpc) is 3.72. The number of hydrogen-bond donors (Lipinski definition) is 0. The van der Waals surface area contributed by atoms with E-state index in [0.717, 1.165) is 36.3 Å². The number of unbranched alkanes of at least 4 members (excludes halogenated alkanes) is 2. The summed E-state index contributed by atoms with van der Waals surface area (Å²) in [4.78, 5) is 7.66. The monoisotopic (exact) mass is 847 g/mol. The third-order valence-electron chi connectivity index (χ3n) is 13.9. The predicted molar refractivity (Wildman–Crippen MR) is 277 cm³/mol. The topological polar surface area (TPSA) is 9.72 Å². The summed E-state index contributed by atoms with van der Waals surface area (Å²) in [7, 11) is 0. The number of anilines is 8. The van der Waals surface area contributed by atoms with Gasteiger partial charge in [0.05, 0.1) is 5.69 Å². The van der Waals surface area contributed by atoms with Gasteiger partial charge in [-0.3, -0.25) is 0 Å². The lowest BCUT2D eigenvalue weighted by atomic mass is 9.36. The summed E-state index contributed by atoms with van der Waals surface area (Å²) in [5.41, 5.74) is 17.5. The van der Waals surface area contributed by atoms with E-state index in [4.69, 9.17) is 0 Å². The first-order valence-corrected chi connectivity index (χ1v) is 24.2. The van der Waals surface area contributed by atoms with E-state index in [1.54, 1.807) is 0 Å². The van der Waals surface area contributed by atoms with Crippen molar-refractivity contribution >= 4 is 89.3 Å². The van der Waals surface area contributed by atoms with Crippen molar-refractivity contribution in [3.8, 4) is 0 Å². The Morgan fingerprint density at radius 1 is 0.609 bits per heavy atom. The molecule has 3 aliphatic rings. The van der Waals surface area contributed by atoms with Gasteiger partial charge in [-0.1, -0.05) is 142 Å². The summed E-state index contributed by atoms with van der Waals surface area (Å²) in [5.74, 6) is 0. The molecule has 0 radical (unpaired) electrons. The summed E-state index contributed by atoms with van der Waals surface area (Å²) < 4.78 is 2.78. The maximum absolute atomic E-state index is 2.64. The zero-order valence-corrected chi connectivity index (χ0v) is 38.0. The van der Waals surface area contributed by atoms with Crippen LogP contribution in [-0.2, 0) is 18.3 Å². The van der Waals surface area contributed by atoms with Gasteiger partial charge in [0, 0.05) is 65.8 Å². The zero-order chi connectivity index (χ0) is 43.2. The second-order valence-corrected chi connectivity index (χ2v) is 19.0. The highest BCUT2D eigenvalue weighted by Crippen LogP contribution is 2.51. The maximum atomic E-state index is 2.64. The number of rotatable bonds is 12. The van der Waals surface area contributed by atoms with Crippen LogP contribution in [0.1, 0.15) is 69.6 Å². The minimum atomic E-state index is -0.280. The van der Waals surface area contributed by atoms with Crippen LogP contribution >= 0.6 is 11.3 Å². The molecule has 1 unspecified atom stereocenters. The molecule has 3 heterocycles. The Bertz CT molecular complexity index is 2990.